The fourth-order valence-electron chi connectivity index (χ4n) is 4.95. The summed E-state index contributed by atoms with van der Waals surface area (Å²) in [6.45, 7) is 0. The van der Waals surface area contributed by atoms with Gasteiger partial charge in [-0.05, 0) is 72.2 Å². The van der Waals surface area contributed by atoms with E-state index in [0.717, 1.165) is 47.2 Å². The number of aromatic nitrogens is 3. The molecule has 0 aliphatic heterocycles. The van der Waals surface area contributed by atoms with Gasteiger partial charge in [-0.3, -0.25) is 0 Å². The first kappa shape index (κ1) is 27.7. The number of thiazole rings is 1. The Morgan fingerprint density at radius 1 is 1.12 bits per heavy atom. The van der Waals surface area contributed by atoms with Gasteiger partial charge in [-0.15, -0.1) is 16.5 Å². The van der Waals surface area contributed by atoms with Crippen molar-refractivity contribution in [2.45, 2.75) is 30.6 Å². The van der Waals surface area contributed by atoms with Crippen LogP contribution in [0.3, 0.4) is 0 Å². The minimum Gasteiger partial charge on any atom is -0.476 e. The van der Waals surface area contributed by atoms with Gasteiger partial charge in [-0.1, -0.05) is 40.6 Å². The van der Waals surface area contributed by atoms with Gasteiger partial charge in [0.05, 0.1) is 23.0 Å². The summed E-state index contributed by atoms with van der Waals surface area (Å²) >= 11 is 1.20. The number of nitrogens with zero attached hydrogens (tertiary/aromatic N) is 4. The molecule has 8 nitrogen and oxygen atoms in total. The molecule has 0 saturated heterocycles. The van der Waals surface area contributed by atoms with E-state index in [1.807, 2.05) is 36.4 Å². The zero-order chi connectivity index (χ0) is 29.4. The third-order valence-corrected chi connectivity index (χ3v) is 8.93. The molecule has 0 bridgehead atoms. The van der Waals surface area contributed by atoms with Gasteiger partial charge in [-0.25, -0.2) is 18.9 Å². The number of halogens is 1. The van der Waals surface area contributed by atoms with Crippen LogP contribution in [0.25, 0.3) is 27.5 Å². The molecule has 0 spiro atoms. The summed E-state index contributed by atoms with van der Waals surface area (Å²) in [6.07, 6.45) is 3.22. The van der Waals surface area contributed by atoms with Gasteiger partial charge in [0.1, 0.15) is 0 Å². The van der Waals surface area contributed by atoms with Gasteiger partial charge in [0, 0.05) is 22.9 Å². The molecule has 3 N–H and O–H groups in total. The first-order valence-corrected chi connectivity index (χ1v) is 15.4. The van der Waals surface area contributed by atoms with E-state index in [1.165, 1.54) is 28.8 Å². The molecule has 1 saturated carbocycles. The summed E-state index contributed by atoms with van der Waals surface area (Å²) in [6, 6.07) is 21.9. The number of carboxylic acid groups (broad SMARTS) is 1. The second kappa shape index (κ2) is 11.4. The monoisotopic (exact) mass is 598 g/mol. The molecule has 2 aromatic heterocycles. The summed E-state index contributed by atoms with van der Waals surface area (Å²) in [7, 11) is -2.31. The molecule has 210 valence electrons. The van der Waals surface area contributed by atoms with Crippen molar-refractivity contribution in [1.82, 2.24) is 14.8 Å². The number of nitriles is 1. The average molecular weight is 599 g/mol. The summed E-state index contributed by atoms with van der Waals surface area (Å²) in [4.78, 5) is 15.9. The molecular weight excluding hydrogens is 574 g/mol. The van der Waals surface area contributed by atoms with E-state index in [2.05, 4.69) is 11.1 Å². The largest absolute Gasteiger partial charge is 0.476 e. The number of nitrogens with two attached hydrogens (primary N) is 1. The molecule has 1 atom stereocenters. The summed E-state index contributed by atoms with van der Waals surface area (Å²) in [5.41, 5.74) is 6.36. The third kappa shape index (κ3) is 5.65. The lowest BCUT2D eigenvalue weighted by Crippen LogP contribution is -2.07. The molecule has 11 heteroatoms. The first-order valence-electron chi connectivity index (χ1n) is 13.2. The maximum absolute atomic E-state index is 14.8. The maximum atomic E-state index is 14.8. The van der Waals surface area contributed by atoms with E-state index in [9.17, 15) is 23.8 Å². The lowest BCUT2D eigenvalue weighted by Gasteiger charge is -2.10. The van der Waals surface area contributed by atoms with Crippen molar-refractivity contribution in [2.24, 2.45) is 11.1 Å². The van der Waals surface area contributed by atoms with Crippen molar-refractivity contribution < 1.29 is 18.5 Å². The zero-order valence-electron chi connectivity index (χ0n) is 22.2. The number of aromatic carboxylic acids is 1. The highest BCUT2D eigenvalue weighted by Crippen LogP contribution is 2.39. The van der Waals surface area contributed by atoms with Crippen LogP contribution in [0.2, 0.25) is 0 Å². The van der Waals surface area contributed by atoms with E-state index >= 15 is 0 Å². The van der Waals surface area contributed by atoms with Crippen molar-refractivity contribution in [1.29, 1.82) is 5.26 Å². The van der Waals surface area contributed by atoms with E-state index < -0.39 is 22.8 Å². The molecule has 1 aliphatic rings. The van der Waals surface area contributed by atoms with Crippen LogP contribution < -0.4 is 5.14 Å². The maximum Gasteiger partial charge on any atom is 0.355 e. The molecule has 6 rings (SSSR count). The van der Waals surface area contributed by atoms with Crippen LogP contribution in [0.5, 0.6) is 0 Å². The number of rotatable bonds is 9. The van der Waals surface area contributed by atoms with E-state index in [1.54, 1.807) is 22.9 Å². The van der Waals surface area contributed by atoms with Crippen molar-refractivity contribution in [3.05, 3.63) is 106 Å². The Bertz CT molecular complexity index is 1890. The van der Waals surface area contributed by atoms with E-state index in [4.69, 9.17) is 10.2 Å². The molecule has 5 aromatic rings. The summed E-state index contributed by atoms with van der Waals surface area (Å²) in [5, 5.41) is 31.1. The van der Waals surface area contributed by atoms with Gasteiger partial charge in [0.15, 0.2) is 22.5 Å². The molecule has 42 heavy (non-hydrogen) atoms. The number of hydrogen-bond acceptors (Lipinski definition) is 6. The van der Waals surface area contributed by atoms with Crippen LogP contribution >= 0.6 is 11.3 Å². The number of carboxylic acids is 1. The van der Waals surface area contributed by atoms with Gasteiger partial charge < -0.3 is 5.11 Å². The predicted octanol–water partition coefficient (Wildman–Crippen LogP) is 5.84. The molecule has 0 radical (unpaired) electrons. The molecule has 3 aromatic carbocycles. The standard InChI is InChI=1S/C31H24FN5O3S2/c32-25-13-20(8-11-28(25)42(34)40)12-24-27(14-18-4-5-18)37(31-35-26(17-41-31)30(38)39)36-29(24)23-3-1-2-22(15-23)21-9-6-19(16-33)7-10-21/h1-3,6-11,13,15,17-18H,4-5,12,14H2,(H2,34,40)(H,38,39)/p+1. The number of thiol groups is 1. The smallest absolute Gasteiger partial charge is 0.355 e. The first-order chi connectivity index (χ1) is 20.3. The van der Waals surface area contributed by atoms with Crippen LogP contribution in [0.15, 0.2) is 77.0 Å². The molecule has 2 heterocycles. The molecule has 1 unspecified atom stereocenters. The lowest BCUT2D eigenvalue weighted by atomic mass is 9.95. The zero-order valence-corrected chi connectivity index (χ0v) is 23.9. The quantitative estimate of drug-likeness (QED) is 0.162. The van der Waals surface area contributed by atoms with E-state index in [-0.39, 0.29) is 10.6 Å². The van der Waals surface area contributed by atoms with Gasteiger partial charge in [0.25, 0.3) is 0 Å². The topological polar surface area (TPSA) is 135 Å². The van der Waals surface area contributed by atoms with Crippen LogP contribution in [0, 0.1) is 23.1 Å². The fraction of sp³-hybridized carbons (Fsp3) is 0.161. The number of carbonyl (C=O) groups is 1. The van der Waals surface area contributed by atoms with Crippen molar-refractivity contribution >= 4 is 28.3 Å². The van der Waals surface area contributed by atoms with Crippen molar-refractivity contribution in [3.8, 4) is 33.6 Å². The highest BCUT2D eigenvalue weighted by atomic mass is 32.2. The predicted molar refractivity (Wildman–Crippen MR) is 159 cm³/mol. The molecule has 1 aliphatic carbocycles. The molecular formula is C31H25FN5O3S2+. The Morgan fingerprint density at radius 3 is 2.52 bits per heavy atom. The number of hydrogen-bond donors (Lipinski definition) is 2. The highest BCUT2D eigenvalue weighted by Gasteiger charge is 2.29. The van der Waals surface area contributed by atoms with Gasteiger partial charge >= 0.3 is 5.97 Å². The summed E-state index contributed by atoms with van der Waals surface area (Å²) < 4.78 is 28.3. The van der Waals surface area contributed by atoms with E-state index in [0.29, 0.717) is 34.3 Å². The Balaban J connectivity index is 1.51. The second-order valence-corrected chi connectivity index (χ2v) is 12.2. The summed E-state index contributed by atoms with van der Waals surface area (Å²) in [5.74, 6) is -1.27. The number of benzene rings is 3. The van der Waals surface area contributed by atoms with Crippen LogP contribution in [-0.2, 0) is 28.0 Å². The van der Waals surface area contributed by atoms with Crippen LogP contribution in [-0.4, -0.2) is 25.8 Å². The molecule has 1 fully saturated rings. The Kier molecular flexibility index (Phi) is 7.51. The van der Waals surface area contributed by atoms with Crippen molar-refractivity contribution in [2.75, 3.05) is 0 Å². The average Bonchev–Trinajstić information content (AvgIpc) is 3.55. The molecule has 0 amide bonds. The highest BCUT2D eigenvalue weighted by molar-refractivity contribution is 7.82. The van der Waals surface area contributed by atoms with Gasteiger partial charge in [-0.2, -0.15) is 10.4 Å². The lowest BCUT2D eigenvalue weighted by molar-refractivity contribution is 0.0691. The fourth-order valence-corrected chi connectivity index (χ4v) is 6.22. The third-order valence-electron chi connectivity index (χ3n) is 7.27. The second-order valence-electron chi connectivity index (χ2n) is 10.2. The minimum absolute atomic E-state index is 0.0259. The normalized spacial score (nSPS) is 13.5. The van der Waals surface area contributed by atoms with Gasteiger partial charge in [0.2, 0.25) is 10.0 Å². The Hall–Kier alpha value is -4.50. The minimum atomic E-state index is -2.31. The Labute approximate surface area is 247 Å². The SMILES string of the molecule is N#Cc1ccc(-c2cccc(-c3nn(-c4nc(C(=O)O)cs4)c(CC4CC4)c3Cc3ccc([SH+](N)=O)c(F)c3)c2)cc1. The Morgan fingerprint density at radius 2 is 1.88 bits per heavy atom. The van der Waals surface area contributed by atoms with Crippen molar-refractivity contribution in [3.63, 3.8) is 0 Å². The van der Waals surface area contributed by atoms with Crippen LogP contribution in [0.4, 0.5) is 4.39 Å². The van der Waals surface area contributed by atoms with Crippen LogP contribution in [0.1, 0.15) is 45.7 Å².